The fraction of sp³-hybridized carbons (Fsp3) is 0.381. The summed E-state index contributed by atoms with van der Waals surface area (Å²) in [5.41, 5.74) is 1.69. The Morgan fingerprint density at radius 1 is 1.00 bits per heavy atom. The van der Waals surface area contributed by atoms with E-state index >= 15 is 0 Å². The lowest BCUT2D eigenvalue weighted by Gasteiger charge is -2.28. The topological polar surface area (TPSA) is 29.5 Å². The zero-order valence-electron chi connectivity index (χ0n) is 13.8. The number of anilines is 1. The molecule has 3 nitrogen and oxygen atoms in total. The second-order valence-corrected chi connectivity index (χ2v) is 7.96. The molecule has 0 aromatic heterocycles. The Hall–Kier alpha value is -1.84. The van der Waals surface area contributed by atoms with E-state index in [1.807, 2.05) is 65.7 Å². The van der Waals surface area contributed by atoms with Gasteiger partial charge in [0, 0.05) is 22.8 Å². The second kappa shape index (κ2) is 5.86. The smallest absolute Gasteiger partial charge is 0.188 e. The van der Waals surface area contributed by atoms with E-state index in [1.54, 1.807) is 0 Å². The van der Waals surface area contributed by atoms with Crippen molar-refractivity contribution >= 4 is 23.1 Å². The van der Waals surface area contributed by atoms with Gasteiger partial charge in [-0.1, -0.05) is 48.5 Å². The van der Waals surface area contributed by atoms with Gasteiger partial charge in [-0.25, -0.2) is 5.06 Å². The van der Waals surface area contributed by atoms with Gasteiger partial charge in [0.15, 0.2) is 5.78 Å². The maximum Gasteiger partial charge on any atom is 0.188 e. The third-order valence-corrected chi connectivity index (χ3v) is 6.61. The number of hydrogen-bond acceptors (Lipinski definition) is 3. The molecule has 5 rings (SSSR count). The quantitative estimate of drug-likeness (QED) is 0.608. The van der Waals surface area contributed by atoms with Crippen LogP contribution in [0.5, 0.6) is 0 Å². The van der Waals surface area contributed by atoms with Crippen LogP contribution in [0.25, 0.3) is 0 Å². The van der Waals surface area contributed by atoms with Gasteiger partial charge in [-0.3, -0.25) is 9.63 Å². The number of nitrogens with zero attached hydrogens (tertiary/aromatic N) is 1. The van der Waals surface area contributed by atoms with E-state index in [-0.39, 0.29) is 29.2 Å². The molecule has 2 aromatic carbocycles. The summed E-state index contributed by atoms with van der Waals surface area (Å²) in [5, 5.41) is 2.04. The number of fused-ring (bicyclic) bond motifs is 5. The lowest BCUT2D eigenvalue weighted by molar-refractivity contribution is 0.0371. The van der Waals surface area contributed by atoms with E-state index in [1.165, 1.54) is 0 Å². The molecule has 0 amide bonds. The van der Waals surface area contributed by atoms with Crippen molar-refractivity contribution < 1.29 is 9.63 Å². The monoisotopic (exact) mass is 353 g/mol. The Balaban J connectivity index is 1.56. The zero-order valence-corrected chi connectivity index (χ0v) is 14.5. The molecule has 1 aliphatic heterocycles. The third-order valence-electron chi connectivity index (χ3n) is 6.10. The highest BCUT2D eigenvalue weighted by molar-refractivity contribution is 6.21. The SMILES string of the molecule is O=C(c1ccccc1)[C@@H]1[C@@H]2[C@@H]3C[C@@H]([C@@H]2ON1c1ccccc1)[C@@H](Cl)C3. The molecule has 2 aromatic rings. The largest absolute Gasteiger partial charge is 0.292 e. The minimum Gasteiger partial charge on any atom is -0.292 e. The van der Waals surface area contributed by atoms with Crippen molar-refractivity contribution in [2.75, 3.05) is 5.06 Å². The second-order valence-electron chi connectivity index (χ2n) is 7.40. The number of Topliss-reactive ketones (excluding diaryl/α,β-unsaturated/α-hetero) is 1. The fourth-order valence-corrected chi connectivity index (χ4v) is 5.53. The van der Waals surface area contributed by atoms with E-state index in [4.69, 9.17) is 16.4 Å². The number of ketones is 1. The summed E-state index contributed by atoms with van der Waals surface area (Å²) in [5.74, 6) is 1.21. The van der Waals surface area contributed by atoms with Gasteiger partial charge in [0.25, 0.3) is 0 Å². The molecule has 0 spiro atoms. The molecule has 1 heterocycles. The van der Waals surface area contributed by atoms with E-state index in [0.717, 1.165) is 24.1 Å². The number of carbonyl (C=O) groups excluding carboxylic acids is 1. The van der Waals surface area contributed by atoms with E-state index in [0.29, 0.717) is 11.8 Å². The van der Waals surface area contributed by atoms with E-state index in [2.05, 4.69) is 0 Å². The molecule has 2 saturated carbocycles. The van der Waals surface area contributed by atoms with E-state index < -0.39 is 0 Å². The number of alkyl halides is 1. The minimum atomic E-state index is -0.269. The summed E-state index contributed by atoms with van der Waals surface area (Å²) >= 11 is 6.53. The highest BCUT2D eigenvalue weighted by Gasteiger charge is 2.62. The number of hydroxylamine groups is 1. The average Bonchev–Trinajstić information content (AvgIpc) is 3.32. The summed E-state index contributed by atoms with van der Waals surface area (Å²) in [4.78, 5) is 19.7. The van der Waals surface area contributed by atoms with Crippen molar-refractivity contribution in [2.45, 2.75) is 30.4 Å². The van der Waals surface area contributed by atoms with Crippen LogP contribution in [0.4, 0.5) is 5.69 Å². The van der Waals surface area contributed by atoms with Gasteiger partial charge in [0.2, 0.25) is 0 Å². The molecule has 128 valence electrons. The molecule has 1 saturated heterocycles. The van der Waals surface area contributed by atoms with E-state index in [9.17, 15) is 4.79 Å². The Labute approximate surface area is 152 Å². The molecule has 2 bridgehead atoms. The van der Waals surface area contributed by atoms with Gasteiger partial charge in [-0.15, -0.1) is 11.6 Å². The van der Waals surface area contributed by atoms with Crippen LogP contribution in [-0.4, -0.2) is 23.3 Å². The van der Waals surface area contributed by atoms with Crippen molar-refractivity contribution in [3.63, 3.8) is 0 Å². The molecule has 6 atom stereocenters. The summed E-state index contributed by atoms with van der Waals surface area (Å²) in [7, 11) is 0. The number of halogens is 1. The number of rotatable bonds is 3. The van der Waals surface area contributed by atoms with Gasteiger partial charge in [-0.2, -0.15) is 0 Å². The van der Waals surface area contributed by atoms with Crippen LogP contribution in [0.2, 0.25) is 0 Å². The van der Waals surface area contributed by atoms with Crippen molar-refractivity contribution in [1.82, 2.24) is 0 Å². The standard InChI is InChI=1S/C21H20ClNO2/c22-17-12-14-11-16(17)21-18(14)19(20(24)13-7-3-1-4-8-13)23(25-21)15-9-5-2-6-10-15/h1-10,14,16-19,21H,11-12H2/t14-,16-,17+,18+,19+,21+/m1/s1. The van der Waals surface area contributed by atoms with Crippen molar-refractivity contribution in [3.05, 3.63) is 66.2 Å². The Morgan fingerprint density at radius 3 is 2.40 bits per heavy atom. The molecular formula is C21H20ClNO2. The zero-order chi connectivity index (χ0) is 17.0. The van der Waals surface area contributed by atoms with Crippen LogP contribution < -0.4 is 5.06 Å². The van der Waals surface area contributed by atoms with Gasteiger partial charge in [0.1, 0.15) is 6.04 Å². The summed E-state index contributed by atoms with van der Waals surface area (Å²) in [6.07, 6.45) is 2.14. The van der Waals surface area contributed by atoms with Crippen LogP contribution in [0.1, 0.15) is 23.2 Å². The molecule has 4 heteroatoms. The molecule has 0 N–H and O–H groups in total. The fourth-order valence-electron chi connectivity index (χ4n) is 5.06. The first-order chi connectivity index (χ1) is 12.2. The molecule has 0 unspecified atom stereocenters. The van der Waals surface area contributed by atoms with Gasteiger partial charge in [0.05, 0.1) is 11.8 Å². The van der Waals surface area contributed by atoms with Crippen LogP contribution in [-0.2, 0) is 4.84 Å². The van der Waals surface area contributed by atoms with Gasteiger partial charge < -0.3 is 0 Å². The molecule has 0 radical (unpaired) electrons. The number of benzene rings is 2. The van der Waals surface area contributed by atoms with Crippen molar-refractivity contribution in [2.24, 2.45) is 17.8 Å². The number of para-hydroxylation sites is 1. The third kappa shape index (κ3) is 2.33. The minimum absolute atomic E-state index is 0.0547. The van der Waals surface area contributed by atoms with Crippen molar-refractivity contribution in [3.8, 4) is 0 Å². The number of carbonyl (C=O) groups is 1. The first kappa shape index (κ1) is 15.4. The lowest BCUT2D eigenvalue weighted by Crippen LogP contribution is -2.42. The Bertz CT molecular complexity index is 781. The first-order valence-corrected chi connectivity index (χ1v) is 9.42. The predicted octanol–water partition coefficient (Wildman–Crippen LogP) is 4.32. The average molecular weight is 354 g/mol. The highest BCUT2D eigenvalue weighted by atomic mass is 35.5. The molecule has 3 fully saturated rings. The summed E-state index contributed by atoms with van der Waals surface area (Å²) in [6, 6.07) is 19.3. The maximum atomic E-state index is 13.4. The van der Waals surface area contributed by atoms with Crippen LogP contribution >= 0.6 is 11.6 Å². The molecule has 3 aliphatic rings. The van der Waals surface area contributed by atoms with Gasteiger partial charge >= 0.3 is 0 Å². The van der Waals surface area contributed by atoms with Gasteiger partial charge in [-0.05, 0) is 30.9 Å². The van der Waals surface area contributed by atoms with Crippen LogP contribution in [0.15, 0.2) is 60.7 Å². The summed E-state index contributed by atoms with van der Waals surface area (Å²) in [6.45, 7) is 0. The highest BCUT2D eigenvalue weighted by Crippen LogP contribution is 2.57. The maximum absolute atomic E-state index is 13.4. The Kier molecular flexibility index (Phi) is 3.61. The number of hydrogen-bond donors (Lipinski definition) is 0. The predicted molar refractivity (Wildman–Crippen MR) is 97.7 cm³/mol. The van der Waals surface area contributed by atoms with Crippen molar-refractivity contribution in [1.29, 1.82) is 0 Å². The molecular weight excluding hydrogens is 334 g/mol. The molecule has 25 heavy (non-hydrogen) atoms. The molecule has 2 aliphatic carbocycles. The first-order valence-electron chi connectivity index (χ1n) is 8.98. The Morgan fingerprint density at radius 2 is 1.68 bits per heavy atom. The normalized spacial score (nSPS) is 35.8. The van der Waals surface area contributed by atoms with Crippen LogP contribution in [0.3, 0.4) is 0 Å². The van der Waals surface area contributed by atoms with Crippen LogP contribution in [0, 0.1) is 17.8 Å². The summed E-state index contributed by atoms with van der Waals surface area (Å²) < 4.78 is 0. The lowest BCUT2D eigenvalue weighted by atomic mass is 9.79.